The van der Waals surface area contributed by atoms with E-state index in [0.29, 0.717) is 23.6 Å². The van der Waals surface area contributed by atoms with Crippen molar-refractivity contribution in [2.45, 2.75) is 26.7 Å². The van der Waals surface area contributed by atoms with E-state index in [4.69, 9.17) is 16.6 Å². The van der Waals surface area contributed by atoms with Crippen LogP contribution in [0.1, 0.15) is 34.1 Å². The van der Waals surface area contributed by atoms with Crippen LogP contribution in [0.5, 0.6) is 0 Å². The Morgan fingerprint density at radius 2 is 1.75 bits per heavy atom. The van der Waals surface area contributed by atoms with Crippen LogP contribution in [-0.4, -0.2) is 27.2 Å². The molecule has 5 nitrogen and oxygen atoms in total. The first-order chi connectivity index (χ1) is 17.5. The molecule has 0 radical (unpaired) electrons. The zero-order valence-electron chi connectivity index (χ0n) is 20.3. The van der Waals surface area contributed by atoms with Gasteiger partial charge in [0.2, 0.25) is 0 Å². The van der Waals surface area contributed by atoms with Crippen LogP contribution in [0.25, 0.3) is 27.8 Å². The zero-order chi connectivity index (χ0) is 25.1. The van der Waals surface area contributed by atoms with E-state index in [1.165, 1.54) is 5.56 Å². The van der Waals surface area contributed by atoms with Crippen molar-refractivity contribution in [3.8, 4) is 16.9 Å². The summed E-state index contributed by atoms with van der Waals surface area (Å²) in [6, 6.07) is 25.7. The molecule has 6 heteroatoms. The zero-order valence-corrected chi connectivity index (χ0v) is 21.1. The highest BCUT2D eigenvalue weighted by molar-refractivity contribution is 6.31. The molecule has 0 saturated carbocycles. The number of benzene rings is 3. The van der Waals surface area contributed by atoms with E-state index < -0.39 is 0 Å². The van der Waals surface area contributed by atoms with E-state index in [2.05, 4.69) is 41.6 Å². The molecule has 5 rings (SSSR count). The highest BCUT2D eigenvalue weighted by Gasteiger charge is 2.17. The predicted molar refractivity (Wildman–Crippen MR) is 146 cm³/mol. The SMILES string of the molecule is CCc1ccc(-n2ncc(-c3cc(C(=O)NCCc4ccccc4Cl)c4ccccc4n3)c2C)cc1. The topological polar surface area (TPSA) is 59.8 Å². The van der Waals surface area contributed by atoms with Gasteiger partial charge in [-0.3, -0.25) is 4.79 Å². The molecular formula is C30H27ClN4O. The van der Waals surface area contributed by atoms with E-state index in [-0.39, 0.29) is 5.91 Å². The highest BCUT2D eigenvalue weighted by atomic mass is 35.5. The number of aromatic nitrogens is 3. The smallest absolute Gasteiger partial charge is 0.252 e. The fraction of sp³-hybridized carbons (Fsp3) is 0.167. The normalized spacial score (nSPS) is 11.1. The van der Waals surface area contributed by atoms with Gasteiger partial charge in [-0.25, -0.2) is 9.67 Å². The first-order valence-electron chi connectivity index (χ1n) is 12.1. The summed E-state index contributed by atoms with van der Waals surface area (Å²) < 4.78 is 1.91. The molecule has 0 unspecified atom stereocenters. The number of aryl methyl sites for hydroxylation is 1. The van der Waals surface area contributed by atoms with E-state index in [9.17, 15) is 4.79 Å². The molecule has 180 valence electrons. The average molecular weight is 495 g/mol. The van der Waals surface area contributed by atoms with E-state index >= 15 is 0 Å². The number of carbonyl (C=O) groups is 1. The van der Waals surface area contributed by atoms with Gasteiger partial charge in [0.25, 0.3) is 5.91 Å². The molecule has 0 aliphatic carbocycles. The molecule has 3 aromatic carbocycles. The van der Waals surface area contributed by atoms with Crippen LogP contribution >= 0.6 is 11.6 Å². The minimum absolute atomic E-state index is 0.137. The molecule has 0 atom stereocenters. The molecular weight excluding hydrogens is 468 g/mol. The van der Waals surface area contributed by atoms with Gasteiger partial charge in [-0.2, -0.15) is 5.10 Å². The molecule has 1 amide bonds. The second kappa shape index (κ2) is 10.3. The molecule has 0 aliphatic heterocycles. The summed E-state index contributed by atoms with van der Waals surface area (Å²) in [6.45, 7) is 4.65. The third kappa shape index (κ3) is 4.75. The lowest BCUT2D eigenvalue weighted by atomic mass is 10.0. The predicted octanol–water partition coefficient (Wildman–Crippen LogP) is 6.58. The maximum absolute atomic E-state index is 13.3. The van der Waals surface area contributed by atoms with E-state index in [0.717, 1.165) is 45.5 Å². The summed E-state index contributed by atoms with van der Waals surface area (Å²) in [4.78, 5) is 18.2. The van der Waals surface area contributed by atoms with E-state index in [1.807, 2.05) is 72.4 Å². The quantitative estimate of drug-likeness (QED) is 0.278. The first-order valence-corrected chi connectivity index (χ1v) is 12.5. The number of pyridine rings is 1. The Hall–Kier alpha value is -3.96. The molecule has 0 fully saturated rings. The summed E-state index contributed by atoms with van der Waals surface area (Å²) in [7, 11) is 0. The number of nitrogens with one attached hydrogen (secondary N) is 1. The van der Waals surface area contributed by atoms with Gasteiger partial charge in [0.15, 0.2) is 0 Å². The molecule has 0 spiro atoms. The molecule has 36 heavy (non-hydrogen) atoms. The summed E-state index contributed by atoms with van der Waals surface area (Å²) >= 11 is 6.27. The van der Waals surface area contributed by atoms with Gasteiger partial charge in [-0.15, -0.1) is 0 Å². The lowest BCUT2D eigenvalue weighted by Gasteiger charge is -2.11. The van der Waals surface area contributed by atoms with Crippen molar-refractivity contribution in [3.05, 3.63) is 112 Å². The van der Waals surface area contributed by atoms with Crippen LogP contribution in [-0.2, 0) is 12.8 Å². The lowest BCUT2D eigenvalue weighted by molar-refractivity contribution is 0.0955. The third-order valence-electron chi connectivity index (χ3n) is 6.47. The van der Waals surface area contributed by atoms with Crippen LogP contribution in [0, 0.1) is 6.92 Å². The van der Waals surface area contributed by atoms with Crippen LogP contribution in [0.3, 0.4) is 0 Å². The molecule has 0 aliphatic rings. The Morgan fingerprint density at radius 1 is 1.00 bits per heavy atom. The van der Waals surface area contributed by atoms with Crippen molar-refractivity contribution in [2.75, 3.05) is 6.54 Å². The Morgan fingerprint density at radius 3 is 2.53 bits per heavy atom. The minimum atomic E-state index is -0.137. The van der Waals surface area contributed by atoms with Gasteiger partial charge in [-0.05, 0) is 61.2 Å². The summed E-state index contributed by atoms with van der Waals surface area (Å²) in [6.07, 6.45) is 3.47. The minimum Gasteiger partial charge on any atom is -0.352 e. The third-order valence-corrected chi connectivity index (χ3v) is 6.84. The molecule has 1 N–H and O–H groups in total. The second-order valence-corrected chi connectivity index (χ2v) is 9.15. The van der Waals surface area contributed by atoms with Crippen molar-refractivity contribution < 1.29 is 4.79 Å². The van der Waals surface area contributed by atoms with Crippen LogP contribution < -0.4 is 5.32 Å². The van der Waals surface area contributed by atoms with Crippen molar-refractivity contribution in [3.63, 3.8) is 0 Å². The molecule has 2 heterocycles. The maximum Gasteiger partial charge on any atom is 0.252 e. The summed E-state index contributed by atoms with van der Waals surface area (Å²) in [5.74, 6) is -0.137. The first kappa shape index (κ1) is 23.8. The van der Waals surface area contributed by atoms with Crippen molar-refractivity contribution >= 4 is 28.4 Å². The van der Waals surface area contributed by atoms with Crippen LogP contribution in [0.4, 0.5) is 0 Å². The molecule has 0 saturated heterocycles. The monoisotopic (exact) mass is 494 g/mol. The van der Waals surface area contributed by atoms with E-state index in [1.54, 1.807) is 0 Å². The number of fused-ring (bicyclic) bond motifs is 1. The number of para-hydroxylation sites is 1. The molecule has 5 aromatic rings. The number of hydrogen-bond donors (Lipinski definition) is 1. The number of amides is 1. The Balaban J connectivity index is 1.46. The fourth-order valence-corrected chi connectivity index (χ4v) is 4.63. The van der Waals surface area contributed by atoms with Gasteiger partial charge in [0, 0.05) is 22.5 Å². The van der Waals surface area contributed by atoms with Crippen molar-refractivity contribution in [1.82, 2.24) is 20.1 Å². The number of carbonyl (C=O) groups excluding carboxylic acids is 1. The van der Waals surface area contributed by atoms with Gasteiger partial charge < -0.3 is 5.32 Å². The number of nitrogens with zero attached hydrogens (tertiary/aromatic N) is 3. The van der Waals surface area contributed by atoms with Gasteiger partial charge in [0.05, 0.1) is 34.4 Å². The Labute approximate surface area is 215 Å². The Kier molecular flexibility index (Phi) is 6.83. The fourth-order valence-electron chi connectivity index (χ4n) is 4.40. The van der Waals surface area contributed by atoms with Crippen molar-refractivity contribution in [1.29, 1.82) is 0 Å². The summed E-state index contributed by atoms with van der Waals surface area (Å²) in [5.41, 5.74) is 7.23. The van der Waals surface area contributed by atoms with Crippen molar-refractivity contribution in [2.24, 2.45) is 0 Å². The van der Waals surface area contributed by atoms with Gasteiger partial charge >= 0.3 is 0 Å². The van der Waals surface area contributed by atoms with Crippen LogP contribution in [0.15, 0.2) is 85.1 Å². The highest BCUT2D eigenvalue weighted by Crippen LogP contribution is 2.28. The standard InChI is InChI=1S/C30H27ClN4O/c1-3-21-12-14-23(15-13-21)35-20(2)26(19-33-35)29-18-25(24-9-5-7-11-28(24)34-29)30(36)32-17-16-22-8-4-6-10-27(22)31/h4-15,18-19H,3,16-17H2,1-2H3,(H,32,36). The number of rotatable bonds is 7. The van der Waals surface area contributed by atoms with Gasteiger partial charge in [0.1, 0.15) is 0 Å². The number of hydrogen-bond acceptors (Lipinski definition) is 3. The average Bonchev–Trinajstić information content (AvgIpc) is 3.30. The number of halogens is 1. The van der Waals surface area contributed by atoms with Crippen LogP contribution in [0.2, 0.25) is 5.02 Å². The molecule has 2 aromatic heterocycles. The summed E-state index contributed by atoms with van der Waals surface area (Å²) in [5, 5.41) is 9.21. The lowest BCUT2D eigenvalue weighted by Crippen LogP contribution is -2.26. The second-order valence-electron chi connectivity index (χ2n) is 8.74. The maximum atomic E-state index is 13.3. The Bertz CT molecular complexity index is 1540. The van der Waals surface area contributed by atoms with Gasteiger partial charge in [-0.1, -0.05) is 67.1 Å². The molecule has 0 bridgehead atoms. The largest absolute Gasteiger partial charge is 0.352 e.